The summed E-state index contributed by atoms with van der Waals surface area (Å²) < 4.78 is 0. The Bertz CT molecular complexity index is 658. The normalized spacial score (nSPS) is 18.3. The van der Waals surface area contributed by atoms with Crippen molar-refractivity contribution >= 4 is 17.2 Å². The maximum Gasteiger partial charge on any atom is 0.125 e. The molecule has 0 amide bonds. The molecule has 1 atom stereocenters. The van der Waals surface area contributed by atoms with Crippen LogP contribution in [0, 0.1) is 24.2 Å². The monoisotopic (exact) mass is 313 g/mol. The molecule has 1 unspecified atom stereocenters. The Morgan fingerprint density at radius 2 is 2.32 bits per heavy atom. The van der Waals surface area contributed by atoms with Gasteiger partial charge in [-0.3, -0.25) is 4.90 Å². The zero-order valence-corrected chi connectivity index (χ0v) is 13.4. The Kier molecular flexibility index (Phi) is 4.66. The van der Waals surface area contributed by atoms with E-state index in [4.69, 9.17) is 5.26 Å². The van der Waals surface area contributed by atoms with Crippen molar-refractivity contribution in [3.63, 3.8) is 0 Å². The van der Waals surface area contributed by atoms with Gasteiger partial charge in [-0.25, -0.2) is 9.97 Å². The van der Waals surface area contributed by atoms with Crippen LogP contribution in [0.2, 0.25) is 0 Å². The number of hydrogen-bond acceptors (Lipinski definition) is 6. The first-order chi connectivity index (χ1) is 10.7. The van der Waals surface area contributed by atoms with Crippen molar-refractivity contribution in [2.45, 2.75) is 19.9 Å². The number of nitrogens with zero attached hydrogens (tertiary/aromatic N) is 4. The largest absolute Gasteiger partial charge is 0.370 e. The van der Waals surface area contributed by atoms with Crippen LogP contribution in [0.5, 0.6) is 0 Å². The Morgan fingerprint density at radius 3 is 3.00 bits per heavy atom. The third-order valence-electron chi connectivity index (χ3n) is 3.88. The lowest BCUT2D eigenvalue weighted by Gasteiger charge is -2.15. The van der Waals surface area contributed by atoms with Gasteiger partial charge in [-0.1, -0.05) is 0 Å². The predicted molar refractivity (Wildman–Crippen MR) is 87.7 cm³/mol. The quantitative estimate of drug-likeness (QED) is 0.919. The highest BCUT2D eigenvalue weighted by atomic mass is 32.1. The SMILES string of the molecule is Cc1ncc(CN2CCC(CNc3ccc(C#N)cn3)C2)s1. The zero-order chi connectivity index (χ0) is 15.4. The van der Waals surface area contributed by atoms with Gasteiger partial charge in [-0.2, -0.15) is 5.26 Å². The Balaban J connectivity index is 1.45. The van der Waals surface area contributed by atoms with Gasteiger partial charge in [0.1, 0.15) is 11.9 Å². The van der Waals surface area contributed by atoms with Crippen LogP contribution in [-0.4, -0.2) is 34.5 Å². The lowest BCUT2D eigenvalue weighted by molar-refractivity contribution is 0.321. The zero-order valence-electron chi connectivity index (χ0n) is 12.6. The van der Waals surface area contributed by atoms with Crippen LogP contribution >= 0.6 is 11.3 Å². The molecule has 1 N–H and O–H groups in total. The number of rotatable bonds is 5. The number of anilines is 1. The molecule has 1 fully saturated rings. The second kappa shape index (κ2) is 6.86. The predicted octanol–water partition coefficient (Wildman–Crippen LogP) is 2.65. The molecule has 0 aromatic carbocycles. The van der Waals surface area contributed by atoms with E-state index in [9.17, 15) is 0 Å². The summed E-state index contributed by atoms with van der Waals surface area (Å²) >= 11 is 1.78. The molecule has 2 aromatic heterocycles. The maximum atomic E-state index is 8.76. The van der Waals surface area contributed by atoms with Gasteiger partial charge in [0.05, 0.1) is 10.6 Å². The lowest BCUT2D eigenvalue weighted by Crippen LogP contribution is -2.22. The lowest BCUT2D eigenvalue weighted by atomic mass is 10.1. The second-order valence-corrected chi connectivity index (χ2v) is 6.98. The fourth-order valence-corrected chi connectivity index (χ4v) is 3.57. The van der Waals surface area contributed by atoms with Gasteiger partial charge < -0.3 is 5.32 Å². The number of aryl methyl sites for hydroxylation is 1. The van der Waals surface area contributed by atoms with Gasteiger partial charge in [0.2, 0.25) is 0 Å². The minimum atomic E-state index is 0.595. The Hall–Kier alpha value is -1.97. The summed E-state index contributed by atoms with van der Waals surface area (Å²) in [5, 5.41) is 13.3. The summed E-state index contributed by atoms with van der Waals surface area (Å²) in [5.74, 6) is 1.49. The fraction of sp³-hybridized carbons (Fsp3) is 0.438. The summed E-state index contributed by atoms with van der Waals surface area (Å²) in [6, 6.07) is 5.74. The number of pyridine rings is 1. The molecule has 1 aliphatic heterocycles. The number of aromatic nitrogens is 2. The van der Waals surface area contributed by atoms with Crippen molar-refractivity contribution in [2.75, 3.05) is 25.0 Å². The standard InChI is InChI=1S/C16H19N5S/c1-12-18-9-15(22-12)11-21-5-4-14(10-21)8-20-16-3-2-13(6-17)7-19-16/h2-3,7,9,14H,4-5,8,10-11H2,1H3,(H,19,20). The minimum Gasteiger partial charge on any atom is -0.370 e. The number of nitrogens with one attached hydrogen (secondary N) is 1. The molecule has 0 spiro atoms. The molecule has 1 aliphatic rings. The molecule has 1 saturated heterocycles. The van der Waals surface area contributed by atoms with Gasteiger partial charge >= 0.3 is 0 Å². The smallest absolute Gasteiger partial charge is 0.125 e. The van der Waals surface area contributed by atoms with Crippen molar-refractivity contribution in [3.05, 3.63) is 40.0 Å². The molecular formula is C16H19N5S. The van der Waals surface area contributed by atoms with Gasteiger partial charge in [-0.05, 0) is 37.9 Å². The average Bonchev–Trinajstić information content (AvgIpc) is 3.15. The van der Waals surface area contributed by atoms with Gasteiger partial charge in [0.15, 0.2) is 0 Å². The molecule has 114 valence electrons. The Morgan fingerprint density at radius 1 is 1.41 bits per heavy atom. The van der Waals surface area contributed by atoms with Crippen LogP contribution < -0.4 is 5.32 Å². The fourth-order valence-electron chi connectivity index (χ4n) is 2.74. The van der Waals surface area contributed by atoms with E-state index in [1.54, 1.807) is 23.6 Å². The number of likely N-dealkylation sites (tertiary alicyclic amines) is 1. The van der Waals surface area contributed by atoms with Crippen molar-refractivity contribution in [3.8, 4) is 6.07 Å². The van der Waals surface area contributed by atoms with E-state index < -0.39 is 0 Å². The molecule has 2 aromatic rings. The molecule has 3 rings (SSSR count). The van der Waals surface area contributed by atoms with E-state index in [0.29, 0.717) is 11.5 Å². The van der Waals surface area contributed by atoms with E-state index in [-0.39, 0.29) is 0 Å². The van der Waals surface area contributed by atoms with E-state index >= 15 is 0 Å². The van der Waals surface area contributed by atoms with Crippen LogP contribution in [0.4, 0.5) is 5.82 Å². The highest BCUT2D eigenvalue weighted by Gasteiger charge is 2.22. The maximum absolute atomic E-state index is 8.76. The van der Waals surface area contributed by atoms with E-state index in [2.05, 4.69) is 33.2 Å². The highest BCUT2D eigenvalue weighted by Crippen LogP contribution is 2.21. The summed E-state index contributed by atoms with van der Waals surface area (Å²) in [4.78, 5) is 12.4. The molecule has 0 aliphatic carbocycles. The molecule has 6 heteroatoms. The van der Waals surface area contributed by atoms with Crippen LogP contribution in [0.3, 0.4) is 0 Å². The first-order valence-corrected chi connectivity index (χ1v) is 8.28. The molecule has 0 bridgehead atoms. The summed E-state index contributed by atoms with van der Waals surface area (Å²) in [6.45, 7) is 6.24. The van der Waals surface area contributed by atoms with Crippen molar-refractivity contribution in [1.29, 1.82) is 5.26 Å². The molecule has 3 heterocycles. The van der Waals surface area contributed by atoms with E-state index in [0.717, 1.165) is 37.0 Å². The average molecular weight is 313 g/mol. The summed E-state index contributed by atoms with van der Waals surface area (Å²) in [7, 11) is 0. The van der Waals surface area contributed by atoms with E-state index in [1.807, 2.05) is 12.3 Å². The summed E-state index contributed by atoms with van der Waals surface area (Å²) in [6.07, 6.45) is 4.81. The van der Waals surface area contributed by atoms with Crippen LogP contribution in [0.1, 0.15) is 21.9 Å². The minimum absolute atomic E-state index is 0.595. The first-order valence-electron chi connectivity index (χ1n) is 7.46. The molecule has 0 saturated carbocycles. The van der Waals surface area contributed by atoms with Crippen LogP contribution in [0.15, 0.2) is 24.5 Å². The second-order valence-electron chi connectivity index (χ2n) is 5.66. The third kappa shape index (κ3) is 3.81. The van der Waals surface area contributed by atoms with Gasteiger partial charge in [0.25, 0.3) is 0 Å². The molecular weight excluding hydrogens is 294 g/mol. The van der Waals surface area contributed by atoms with Crippen molar-refractivity contribution in [2.24, 2.45) is 5.92 Å². The van der Waals surface area contributed by atoms with Crippen LogP contribution in [0.25, 0.3) is 0 Å². The highest BCUT2D eigenvalue weighted by molar-refractivity contribution is 7.11. The van der Waals surface area contributed by atoms with Gasteiger partial charge in [0, 0.05) is 36.9 Å². The number of thiazole rings is 1. The third-order valence-corrected chi connectivity index (χ3v) is 4.78. The van der Waals surface area contributed by atoms with Gasteiger partial charge in [-0.15, -0.1) is 11.3 Å². The number of hydrogen-bond donors (Lipinski definition) is 1. The first kappa shape index (κ1) is 14.9. The van der Waals surface area contributed by atoms with E-state index in [1.165, 1.54) is 11.3 Å². The molecule has 5 nitrogen and oxygen atoms in total. The van der Waals surface area contributed by atoms with Crippen molar-refractivity contribution < 1.29 is 0 Å². The summed E-state index contributed by atoms with van der Waals surface area (Å²) in [5.41, 5.74) is 0.595. The molecule has 0 radical (unpaired) electrons. The molecule has 22 heavy (non-hydrogen) atoms. The number of nitriles is 1. The topological polar surface area (TPSA) is 64.8 Å². The Labute approximate surface area is 134 Å². The van der Waals surface area contributed by atoms with Crippen LogP contribution in [-0.2, 0) is 6.54 Å². The van der Waals surface area contributed by atoms with Crippen molar-refractivity contribution in [1.82, 2.24) is 14.9 Å².